The van der Waals surface area contributed by atoms with E-state index in [9.17, 15) is 5.11 Å². The molecule has 16 heavy (non-hydrogen) atoms. The van der Waals surface area contributed by atoms with Gasteiger partial charge >= 0.3 is 0 Å². The molecule has 3 nitrogen and oxygen atoms in total. The van der Waals surface area contributed by atoms with E-state index in [2.05, 4.69) is 19.2 Å². The lowest BCUT2D eigenvalue weighted by Gasteiger charge is -2.40. The summed E-state index contributed by atoms with van der Waals surface area (Å²) in [5.41, 5.74) is -0.619. The van der Waals surface area contributed by atoms with Crippen LogP contribution in [0.5, 0.6) is 0 Å². The average molecular weight is 228 g/mol. The predicted octanol–water partition coefficient (Wildman–Crippen LogP) is 1.32. The van der Waals surface area contributed by atoms with Gasteiger partial charge in [-0.1, -0.05) is 13.8 Å². The summed E-state index contributed by atoms with van der Waals surface area (Å²) in [5, 5.41) is 13.6. The minimum absolute atomic E-state index is 0.619. The third-order valence-electron chi connectivity index (χ3n) is 3.55. The number of hydrogen-bond acceptors (Lipinski definition) is 3. The Hall–Kier alpha value is -0.120. The second kappa shape index (κ2) is 5.48. The molecule has 1 rings (SSSR count). The van der Waals surface area contributed by atoms with E-state index in [1.54, 1.807) is 0 Å². The predicted molar refractivity (Wildman–Crippen MR) is 68.5 cm³/mol. The van der Waals surface area contributed by atoms with Crippen molar-refractivity contribution in [3.8, 4) is 0 Å². The van der Waals surface area contributed by atoms with Crippen molar-refractivity contribution in [2.24, 2.45) is 11.8 Å². The van der Waals surface area contributed by atoms with Gasteiger partial charge in [0.2, 0.25) is 0 Å². The summed E-state index contributed by atoms with van der Waals surface area (Å²) in [7, 11) is 3.99. The standard InChI is InChI=1S/C13H28N2O/c1-10(2)11-6-12(7-11)14-8-13(3,16)9-15(4)5/h10-12,14,16H,6-9H2,1-5H3. The van der Waals surface area contributed by atoms with Crippen molar-refractivity contribution in [1.29, 1.82) is 0 Å². The van der Waals surface area contributed by atoms with E-state index in [-0.39, 0.29) is 0 Å². The van der Waals surface area contributed by atoms with Crippen LogP contribution in [-0.2, 0) is 0 Å². The number of likely N-dealkylation sites (N-methyl/N-ethyl adjacent to an activating group) is 1. The van der Waals surface area contributed by atoms with Gasteiger partial charge in [-0.3, -0.25) is 0 Å². The number of nitrogens with one attached hydrogen (secondary N) is 1. The monoisotopic (exact) mass is 228 g/mol. The Morgan fingerprint density at radius 1 is 1.38 bits per heavy atom. The topological polar surface area (TPSA) is 35.5 Å². The van der Waals surface area contributed by atoms with Crippen LogP contribution >= 0.6 is 0 Å². The Kier molecular flexibility index (Phi) is 4.77. The molecule has 1 unspecified atom stereocenters. The van der Waals surface area contributed by atoms with Gasteiger partial charge in [0.05, 0.1) is 5.60 Å². The molecule has 1 atom stereocenters. The molecule has 0 bridgehead atoms. The molecule has 0 saturated heterocycles. The molecular formula is C13H28N2O. The first-order valence-corrected chi connectivity index (χ1v) is 6.40. The molecule has 96 valence electrons. The van der Waals surface area contributed by atoms with E-state index >= 15 is 0 Å². The number of rotatable bonds is 6. The van der Waals surface area contributed by atoms with Crippen molar-refractivity contribution in [2.75, 3.05) is 27.2 Å². The van der Waals surface area contributed by atoms with Crippen LogP contribution in [0.15, 0.2) is 0 Å². The molecule has 0 aromatic rings. The maximum Gasteiger partial charge on any atom is 0.0869 e. The highest BCUT2D eigenvalue weighted by Crippen LogP contribution is 2.33. The molecule has 2 N–H and O–H groups in total. The first kappa shape index (κ1) is 13.9. The van der Waals surface area contributed by atoms with Gasteiger partial charge < -0.3 is 15.3 Å². The van der Waals surface area contributed by atoms with Crippen LogP contribution in [0.3, 0.4) is 0 Å². The fourth-order valence-electron chi connectivity index (χ4n) is 2.47. The lowest BCUT2D eigenvalue weighted by atomic mass is 9.73. The van der Waals surface area contributed by atoms with Crippen LogP contribution in [0, 0.1) is 11.8 Å². The fraction of sp³-hybridized carbons (Fsp3) is 1.00. The third kappa shape index (κ3) is 4.40. The molecule has 0 spiro atoms. The Labute approximate surface area is 100 Å². The van der Waals surface area contributed by atoms with Crippen molar-refractivity contribution in [3.05, 3.63) is 0 Å². The lowest BCUT2D eigenvalue weighted by Crippen LogP contribution is -2.51. The Morgan fingerprint density at radius 3 is 2.38 bits per heavy atom. The highest BCUT2D eigenvalue weighted by Gasteiger charge is 2.32. The molecule has 0 heterocycles. The van der Waals surface area contributed by atoms with Gasteiger partial charge in [-0.2, -0.15) is 0 Å². The van der Waals surface area contributed by atoms with Gasteiger partial charge in [-0.05, 0) is 45.7 Å². The van der Waals surface area contributed by atoms with Crippen LogP contribution in [0.2, 0.25) is 0 Å². The van der Waals surface area contributed by atoms with E-state index in [1.165, 1.54) is 12.8 Å². The summed E-state index contributed by atoms with van der Waals surface area (Å²) in [5.74, 6) is 1.69. The third-order valence-corrected chi connectivity index (χ3v) is 3.55. The molecule has 1 fully saturated rings. The first-order chi connectivity index (χ1) is 7.30. The summed E-state index contributed by atoms with van der Waals surface area (Å²) in [6.45, 7) is 7.89. The second-order valence-electron chi connectivity index (χ2n) is 6.29. The van der Waals surface area contributed by atoms with Gasteiger partial charge in [0.15, 0.2) is 0 Å². The molecule has 0 aliphatic heterocycles. The van der Waals surface area contributed by atoms with Crippen LogP contribution in [0.1, 0.15) is 33.6 Å². The quantitative estimate of drug-likeness (QED) is 0.720. The van der Waals surface area contributed by atoms with Crippen molar-refractivity contribution in [3.63, 3.8) is 0 Å². The van der Waals surface area contributed by atoms with Gasteiger partial charge in [-0.15, -0.1) is 0 Å². The van der Waals surface area contributed by atoms with Gasteiger partial charge in [-0.25, -0.2) is 0 Å². The molecule has 0 aromatic carbocycles. The zero-order chi connectivity index (χ0) is 12.3. The Bertz CT molecular complexity index is 208. The maximum atomic E-state index is 10.1. The van der Waals surface area contributed by atoms with E-state index in [1.807, 2.05) is 25.9 Å². The minimum atomic E-state index is -0.619. The Morgan fingerprint density at radius 2 is 1.94 bits per heavy atom. The second-order valence-corrected chi connectivity index (χ2v) is 6.29. The summed E-state index contributed by atoms with van der Waals surface area (Å²) in [4.78, 5) is 2.03. The van der Waals surface area contributed by atoms with E-state index in [0.717, 1.165) is 11.8 Å². The molecule has 0 amide bonds. The van der Waals surface area contributed by atoms with Crippen LogP contribution in [0.25, 0.3) is 0 Å². The van der Waals surface area contributed by atoms with Crippen LogP contribution in [-0.4, -0.2) is 48.8 Å². The highest BCUT2D eigenvalue weighted by molar-refractivity contribution is 4.89. The molecule has 3 heteroatoms. The zero-order valence-electron chi connectivity index (χ0n) is 11.5. The van der Waals surface area contributed by atoms with Gasteiger partial charge in [0.1, 0.15) is 0 Å². The molecule has 0 aromatic heterocycles. The van der Waals surface area contributed by atoms with Gasteiger partial charge in [0, 0.05) is 19.1 Å². The number of aliphatic hydroxyl groups is 1. The average Bonchev–Trinajstić information content (AvgIpc) is 1.96. The van der Waals surface area contributed by atoms with Crippen LogP contribution in [0.4, 0.5) is 0 Å². The normalized spacial score (nSPS) is 29.2. The first-order valence-electron chi connectivity index (χ1n) is 6.40. The van der Waals surface area contributed by atoms with E-state index in [0.29, 0.717) is 19.1 Å². The molecular weight excluding hydrogens is 200 g/mol. The maximum absolute atomic E-state index is 10.1. The van der Waals surface area contributed by atoms with E-state index < -0.39 is 5.60 Å². The lowest BCUT2D eigenvalue weighted by molar-refractivity contribution is 0.0240. The SMILES string of the molecule is CC(C)C1CC(NCC(C)(O)CN(C)C)C1. The van der Waals surface area contributed by atoms with Crippen molar-refractivity contribution in [2.45, 2.75) is 45.3 Å². The summed E-state index contributed by atoms with van der Waals surface area (Å²) in [6, 6.07) is 0.626. The smallest absolute Gasteiger partial charge is 0.0869 e. The highest BCUT2D eigenvalue weighted by atomic mass is 16.3. The zero-order valence-corrected chi connectivity index (χ0v) is 11.5. The van der Waals surface area contributed by atoms with Gasteiger partial charge in [0.25, 0.3) is 0 Å². The van der Waals surface area contributed by atoms with Crippen molar-refractivity contribution in [1.82, 2.24) is 10.2 Å². The van der Waals surface area contributed by atoms with Crippen molar-refractivity contribution >= 4 is 0 Å². The number of hydrogen-bond donors (Lipinski definition) is 2. The molecule has 0 radical (unpaired) electrons. The van der Waals surface area contributed by atoms with E-state index in [4.69, 9.17) is 0 Å². The molecule has 1 aliphatic rings. The van der Waals surface area contributed by atoms with Crippen LogP contribution < -0.4 is 5.32 Å². The number of nitrogens with zero attached hydrogens (tertiary/aromatic N) is 1. The molecule has 1 aliphatic carbocycles. The largest absolute Gasteiger partial charge is 0.388 e. The summed E-state index contributed by atoms with van der Waals surface area (Å²) < 4.78 is 0. The van der Waals surface area contributed by atoms with Crippen molar-refractivity contribution < 1.29 is 5.11 Å². The Balaban J connectivity index is 2.16. The summed E-state index contributed by atoms with van der Waals surface area (Å²) in [6.07, 6.45) is 2.55. The fourth-order valence-corrected chi connectivity index (χ4v) is 2.47. The summed E-state index contributed by atoms with van der Waals surface area (Å²) >= 11 is 0. The minimum Gasteiger partial charge on any atom is -0.388 e. The molecule has 1 saturated carbocycles.